The predicted molar refractivity (Wildman–Crippen MR) is 163 cm³/mol. The van der Waals surface area contributed by atoms with Crippen LogP contribution in [-0.4, -0.2) is 44.2 Å². The monoisotopic (exact) mass is 534 g/mol. The predicted octanol–water partition coefficient (Wildman–Crippen LogP) is 6.47. The van der Waals surface area contributed by atoms with Crippen molar-refractivity contribution in [3.05, 3.63) is 131 Å². The van der Waals surface area contributed by atoms with Gasteiger partial charge in [-0.25, -0.2) is 4.79 Å². The Morgan fingerprint density at radius 1 is 0.750 bits per heavy atom. The highest BCUT2D eigenvalue weighted by atomic mass is 16.5. The maximum atomic E-state index is 12.6. The Morgan fingerprint density at radius 2 is 1.30 bits per heavy atom. The van der Waals surface area contributed by atoms with Crippen LogP contribution in [0.2, 0.25) is 0 Å². The summed E-state index contributed by atoms with van der Waals surface area (Å²) >= 11 is 0. The highest BCUT2D eigenvalue weighted by Gasteiger charge is 2.18. The molecule has 1 unspecified atom stereocenters. The lowest BCUT2D eigenvalue weighted by Gasteiger charge is -2.17. The van der Waals surface area contributed by atoms with Crippen LogP contribution >= 0.6 is 0 Å². The van der Waals surface area contributed by atoms with E-state index in [-0.39, 0.29) is 0 Å². The van der Waals surface area contributed by atoms with Crippen LogP contribution in [0.15, 0.2) is 109 Å². The van der Waals surface area contributed by atoms with E-state index in [1.807, 2.05) is 86.9 Å². The number of benzene rings is 4. The molecule has 4 aromatic carbocycles. The zero-order valence-electron chi connectivity index (χ0n) is 23.5. The quantitative estimate of drug-likeness (QED) is 0.128. The number of esters is 1. The lowest BCUT2D eigenvalue weighted by Crippen LogP contribution is -2.36. The Kier molecular flexibility index (Phi) is 10.3. The van der Waals surface area contributed by atoms with Crippen molar-refractivity contribution >= 4 is 17.1 Å². The summed E-state index contributed by atoms with van der Waals surface area (Å²) in [5, 5.41) is 0. The van der Waals surface area contributed by atoms with Crippen LogP contribution in [-0.2, 0) is 11.2 Å². The van der Waals surface area contributed by atoms with Gasteiger partial charge in [0, 0.05) is 6.54 Å². The molecular weight excluding hydrogens is 496 g/mol. The fourth-order valence-electron chi connectivity index (χ4n) is 4.58. The second-order valence-corrected chi connectivity index (χ2v) is 9.99. The SMILES string of the molecule is CC/C(=C(\c1ccccc1)c1ccc(OCCN(C)C)cc1)c1ccc(OC(=O)C(N)Cc2ccccc2)cc1. The van der Waals surface area contributed by atoms with Gasteiger partial charge in [-0.1, -0.05) is 91.9 Å². The lowest BCUT2D eigenvalue weighted by atomic mass is 9.88. The number of hydrogen-bond donors (Lipinski definition) is 1. The van der Waals surface area contributed by atoms with E-state index in [4.69, 9.17) is 15.2 Å². The fraction of sp³-hybridized carbons (Fsp3) is 0.229. The molecule has 4 aromatic rings. The highest BCUT2D eigenvalue weighted by Crippen LogP contribution is 2.35. The molecule has 0 fully saturated rings. The summed E-state index contributed by atoms with van der Waals surface area (Å²) in [4.78, 5) is 14.7. The molecule has 5 heteroatoms. The van der Waals surface area contributed by atoms with Crippen molar-refractivity contribution in [3.8, 4) is 11.5 Å². The number of rotatable bonds is 12. The first-order valence-electron chi connectivity index (χ1n) is 13.7. The van der Waals surface area contributed by atoms with Crippen molar-refractivity contribution in [3.63, 3.8) is 0 Å². The highest BCUT2D eigenvalue weighted by molar-refractivity contribution is 5.98. The molecule has 206 valence electrons. The first-order chi connectivity index (χ1) is 19.4. The number of ether oxygens (including phenoxy) is 2. The van der Waals surface area contributed by atoms with Gasteiger partial charge in [-0.05, 0) is 84.6 Å². The molecule has 0 aliphatic rings. The maximum absolute atomic E-state index is 12.6. The van der Waals surface area contributed by atoms with Gasteiger partial charge in [0.05, 0.1) is 0 Å². The van der Waals surface area contributed by atoms with Crippen molar-refractivity contribution < 1.29 is 14.3 Å². The fourth-order valence-corrected chi connectivity index (χ4v) is 4.58. The molecule has 0 amide bonds. The van der Waals surface area contributed by atoms with Crippen molar-refractivity contribution in [1.82, 2.24) is 4.90 Å². The molecule has 0 saturated carbocycles. The summed E-state index contributed by atoms with van der Waals surface area (Å²) in [5.41, 5.74) is 12.8. The summed E-state index contributed by atoms with van der Waals surface area (Å²) < 4.78 is 11.5. The third-order valence-corrected chi connectivity index (χ3v) is 6.69. The Balaban J connectivity index is 1.56. The normalized spacial score (nSPS) is 12.5. The minimum Gasteiger partial charge on any atom is -0.492 e. The molecule has 0 aromatic heterocycles. The summed E-state index contributed by atoms with van der Waals surface area (Å²) in [5.74, 6) is 0.890. The lowest BCUT2D eigenvalue weighted by molar-refractivity contribution is -0.135. The minimum atomic E-state index is -0.729. The van der Waals surface area contributed by atoms with E-state index in [1.54, 1.807) is 0 Å². The summed E-state index contributed by atoms with van der Waals surface area (Å²) in [7, 11) is 4.07. The molecule has 0 saturated heterocycles. The second kappa shape index (κ2) is 14.3. The van der Waals surface area contributed by atoms with Crippen LogP contribution < -0.4 is 15.2 Å². The molecule has 1 atom stereocenters. The number of likely N-dealkylation sites (N-methyl/N-ethyl adjacent to an activating group) is 1. The van der Waals surface area contributed by atoms with E-state index in [1.165, 1.54) is 5.57 Å². The van der Waals surface area contributed by atoms with Gasteiger partial charge in [0.2, 0.25) is 0 Å². The number of hydrogen-bond acceptors (Lipinski definition) is 5. The van der Waals surface area contributed by atoms with Gasteiger partial charge in [0.15, 0.2) is 0 Å². The average molecular weight is 535 g/mol. The number of carbonyl (C=O) groups is 1. The van der Waals surface area contributed by atoms with Crippen LogP contribution in [0.3, 0.4) is 0 Å². The summed E-state index contributed by atoms with van der Waals surface area (Å²) in [6, 6.07) is 35.4. The average Bonchev–Trinajstić information content (AvgIpc) is 2.97. The Bertz CT molecular complexity index is 1380. The van der Waals surface area contributed by atoms with E-state index in [0.717, 1.165) is 46.5 Å². The smallest absolute Gasteiger partial charge is 0.328 e. The number of nitrogens with zero attached hydrogens (tertiary/aromatic N) is 1. The van der Waals surface area contributed by atoms with E-state index in [9.17, 15) is 4.79 Å². The Morgan fingerprint density at radius 3 is 1.90 bits per heavy atom. The number of carbonyl (C=O) groups excluding carboxylic acids is 1. The van der Waals surface area contributed by atoms with Crippen LogP contribution in [0.4, 0.5) is 0 Å². The van der Waals surface area contributed by atoms with Crippen molar-refractivity contribution in [1.29, 1.82) is 0 Å². The minimum absolute atomic E-state index is 0.431. The molecule has 0 radical (unpaired) electrons. The summed E-state index contributed by atoms with van der Waals surface area (Å²) in [6.07, 6.45) is 1.26. The molecule has 4 rings (SSSR count). The molecular formula is C35H38N2O3. The van der Waals surface area contributed by atoms with Crippen molar-refractivity contribution in [2.45, 2.75) is 25.8 Å². The molecule has 0 bridgehead atoms. The molecule has 0 aliphatic heterocycles. The van der Waals surface area contributed by atoms with E-state index in [0.29, 0.717) is 18.8 Å². The molecule has 5 nitrogen and oxygen atoms in total. The van der Waals surface area contributed by atoms with Crippen molar-refractivity contribution in [2.75, 3.05) is 27.2 Å². The summed E-state index contributed by atoms with van der Waals surface area (Å²) in [6.45, 7) is 3.66. The zero-order valence-corrected chi connectivity index (χ0v) is 23.5. The standard InChI is InChI=1S/C35H38N2O3/c1-4-32(27-15-21-31(22-16-27)40-35(38)33(36)25-26-11-7-5-8-12-26)34(28-13-9-6-10-14-28)29-17-19-30(20-18-29)39-24-23-37(2)3/h5-22,33H,4,23-25,36H2,1-3H3/b34-32-. The zero-order chi connectivity index (χ0) is 28.3. The molecule has 0 spiro atoms. The van der Waals surface area contributed by atoms with Gasteiger partial charge in [-0.2, -0.15) is 0 Å². The van der Waals surface area contributed by atoms with Gasteiger partial charge >= 0.3 is 5.97 Å². The second-order valence-electron chi connectivity index (χ2n) is 9.99. The van der Waals surface area contributed by atoms with Crippen molar-refractivity contribution in [2.24, 2.45) is 5.73 Å². The van der Waals surface area contributed by atoms with Gasteiger partial charge in [-0.15, -0.1) is 0 Å². The largest absolute Gasteiger partial charge is 0.492 e. The van der Waals surface area contributed by atoms with Gasteiger partial charge in [0.25, 0.3) is 0 Å². The van der Waals surface area contributed by atoms with Gasteiger partial charge in [0.1, 0.15) is 24.1 Å². The van der Waals surface area contributed by atoms with Crippen LogP contribution in [0.1, 0.15) is 35.6 Å². The third-order valence-electron chi connectivity index (χ3n) is 6.69. The Labute approximate surface area is 237 Å². The van der Waals surface area contributed by atoms with E-state index < -0.39 is 12.0 Å². The molecule has 40 heavy (non-hydrogen) atoms. The first-order valence-corrected chi connectivity index (χ1v) is 13.7. The van der Waals surface area contributed by atoms with Gasteiger partial charge in [-0.3, -0.25) is 0 Å². The molecule has 0 aliphatic carbocycles. The van der Waals surface area contributed by atoms with E-state index in [2.05, 4.69) is 48.2 Å². The van der Waals surface area contributed by atoms with E-state index >= 15 is 0 Å². The Hall–Kier alpha value is -4.19. The maximum Gasteiger partial charge on any atom is 0.328 e. The van der Waals surface area contributed by atoms with Crippen LogP contribution in [0.25, 0.3) is 11.1 Å². The number of allylic oxidation sites excluding steroid dienone is 1. The topological polar surface area (TPSA) is 64.8 Å². The third kappa shape index (κ3) is 7.92. The molecule has 2 N–H and O–H groups in total. The number of nitrogens with two attached hydrogens (primary N) is 1. The van der Waals surface area contributed by atoms with Gasteiger partial charge < -0.3 is 20.1 Å². The van der Waals surface area contributed by atoms with Crippen LogP contribution in [0.5, 0.6) is 11.5 Å². The first kappa shape index (κ1) is 28.8. The van der Waals surface area contributed by atoms with Crippen LogP contribution in [0, 0.1) is 0 Å². The molecule has 0 heterocycles.